The van der Waals surface area contributed by atoms with Gasteiger partial charge in [0.1, 0.15) is 11.5 Å². The van der Waals surface area contributed by atoms with Crippen LogP contribution in [-0.4, -0.2) is 33.3 Å². The van der Waals surface area contributed by atoms with Gasteiger partial charge in [0.05, 0.1) is 30.5 Å². The van der Waals surface area contributed by atoms with Gasteiger partial charge < -0.3 is 14.7 Å². The summed E-state index contributed by atoms with van der Waals surface area (Å²) in [5, 5.41) is 11.8. The van der Waals surface area contributed by atoms with Gasteiger partial charge in [-0.05, 0) is 66.9 Å². The number of aliphatic hydroxyl groups excluding tert-OH is 1. The Morgan fingerprint density at radius 1 is 1.12 bits per heavy atom. The van der Waals surface area contributed by atoms with Crippen molar-refractivity contribution in [3.05, 3.63) is 99.8 Å². The van der Waals surface area contributed by atoms with Gasteiger partial charge in [0, 0.05) is 16.8 Å². The molecule has 7 heteroatoms. The third kappa shape index (κ3) is 4.68. The summed E-state index contributed by atoms with van der Waals surface area (Å²) in [5.41, 5.74) is 2.60. The Labute approximate surface area is 203 Å². The van der Waals surface area contributed by atoms with E-state index in [1.165, 1.54) is 4.90 Å². The molecule has 1 amide bonds. The van der Waals surface area contributed by atoms with Gasteiger partial charge in [0.25, 0.3) is 11.7 Å². The van der Waals surface area contributed by atoms with Crippen molar-refractivity contribution in [2.24, 2.45) is 0 Å². The SMILES string of the molecule is CCCOc1ccc(/C(O)=C2/C(=O)C(=O)N(Cc3ccccn3)C2c2ccc(Cl)cc2)cc1C. The zero-order valence-electron chi connectivity index (χ0n) is 19.0. The Bertz CT molecular complexity index is 1240. The van der Waals surface area contributed by atoms with Gasteiger partial charge in [-0.1, -0.05) is 36.7 Å². The quantitative estimate of drug-likeness (QED) is 0.278. The molecular weight excluding hydrogens is 452 g/mol. The van der Waals surface area contributed by atoms with E-state index in [4.69, 9.17) is 16.3 Å². The molecular formula is C27H25ClN2O4. The van der Waals surface area contributed by atoms with Crippen molar-refractivity contribution in [3.63, 3.8) is 0 Å². The largest absolute Gasteiger partial charge is 0.507 e. The van der Waals surface area contributed by atoms with Crippen LogP contribution in [-0.2, 0) is 16.1 Å². The number of hydrogen-bond donors (Lipinski definition) is 1. The maximum atomic E-state index is 13.2. The Balaban J connectivity index is 1.81. The number of carbonyl (C=O) groups excluding carboxylic acids is 2. The number of Topliss-reactive ketones (excluding diaryl/α,β-unsaturated/α-hetero) is 1. The number of likely N-dealkylation sites (tertiary alicyclic amines) is 1. The summed E-state index contributed by atoms with van der Waals surface area (Å²) in [6, 6.07) is 16.7. The first-order valence-corrected chi connectivity index (χ1v) is 11.5. The summed E-state index contributed by atoms with van der Waals surface area (Å²) in [5.74, 6) is -0.945. The number of aromatic nitrogens is 1. The molecule has 1 aliphatic rings. The number of aryl methyl sites for hydroxylation is 1. The van der Waals surface area contributed by atoms with E-state index in [2.05, 4.69) is 4.98 Å². The first kappa shape index (κ1) is 23.5. The molecule has 0 spiro atoms. The smallest absolute Gasteiger partial charge is 0.296 e. The number of halogens is 1. The molecule has 1 unspecified atom stereocenters. The van der Waals surface area contributed by atoms with Crippen LogP contribution in [0.5, 0.6) is 5.75 Å². The number of ether oxygens (including phenoxy) is 1. The van der Waals surface area contributed by atoms with Crippen LogP contribution in [0.3, 0.4) is 0 Å². The predicted molar refractivity (Wildman–Crippen MR) is 131 cm³/mol. The molecule has 2 heterocycles. The van der Waals surface area contributed by atoms with Crippen LogP contribution in [0.4, 0.5) is 0 Å². The number of ketones is 1. The van der Waals surface area contributed by atoms with E-state index >= 15 is 0 Å². The van der Waals surface area contributed by atoms with Crippen LogP contribution < -0.4 is 4.74 Å². The van der Waals surface area contributed by atoms with Crippen molar-refractivity contribution in [2.75, 3.05) is 6.61 Å². The van der Waals surface area contributed by atoms with Crippen molar-refractivity contribution >= 4 is 29.1 Å². The third-order valence-corrected chi connectivity index (χ3v) is 5.95. The minimum atomic E-state index is -0.782. The molecule has 0 saturated carbocycles. The van der Waals surface area contributed by atoms with E-state index in [9.17, 15) is 14.7 Å². The van der Waals surface area contributed by atoms with Crippen LogP contribution in [0, 0.1) is 6.92 Å². The summed E-state index contributed by atoms with van der Waals surface area (Å²) in [6.07, 6.45) is 2.51. The van der Waals surface area contributed by atoms with Crippen LogP contribution in [0.1, 0.15) is 41.8 Å². The fourth-order valence-electron chi connectivity index (χ4n) is 4.03. The van der Waals surface area contributed by atoms with E-state index < -0.39 is 17.7 Å². The summed E-state index contributed by atoms with van der Waals surface area (Å²) in [7, 11) is 0. The lowest BCUT2D eigenvalue weighted by atomic mass is 9.94. The number of carbonyl (C=O) groups is 2. The minimum Gasteiger partial charge on any atom is -0.507 e. The molecule has 1 aromatic heterocycles. The molecule has 0 bridgehead atoms. The molecule has 1 saturated heterocycles. The second-order valence-electron chi connectivity index (χ2n) is 8.13. The van der Waals surface area contributed by atoms with E-state index in [0.29, 0.717) is 34.2 Å². The number of hydrogen-bond acceptors (Lipinski definition) is 5. The Morgan fingerprint density at radius 3 is 2.53 bits per heavy atom. The lowest BCUT2D eigenvalue weighted by Crippen LogP contribution is -2.29. The van der Waals surface area contributed by atoms with Gasteiger partial charge in [-0.15, -0.1) is 0 Å². The number of amides is 1. The highest BCUT2D eigenvalue weighted by atomic mass is 35.5. The molecule has 34 heavy (non-hydrogen) atoms. The molecule has 1 N–H and O–H groups in total. The first-order valence-electron chi connectivity index (χ1n) is 11.1. The van der Waals surface area contributed by atoms with Gasteiger partial charge >= 0.3 is 0 Å². The third-order valence-electron chi connectivity index (χ3n) is 5.69. The van der Waals surface area contributed by atoms with Gasteiger partial charge in [-0.2, -0.15) is 0 Å². The van der Waals surface area contributed by atoms with Gasteiger partial charge in [-0.3, -0.25) is 14.6 Å². The Hall–Kier alpha value is -3.64. The van der Waals surface area contributed by atoms with E-state index in [0.717, 1.165) is 12.0 Å². The summed E-state index contributed by atoms with van der Waals surface area (Å²) in [4.78, 5) is 32.0. The molecule has 174 valence electrons. The fraction of sp³-hybridized carbons (Fsp3) is 0.222. The minimum absolute atomic E-state index is 0.0323. The number of nitrogens with zero attached hydrogens (tertiary/aromatic N) is 2. The maximum Gasteiger partial charge on any atom is 0.296 e. The Morgan fingerprint density at radius 2 is 1.88 bits per heavy atom. The zero-order valence-corrected chi connectivity index (χ0v) is 19.7. The molecule has 6 nitrogen and oxygen atoms in total. The second-order valence-corrected chi connectivity index (χ2v) is 8.56. The summed E-state index contributed by atoms with van der Waals surface area (Å²) < 4.78 is 5.72. The van der Waals surface area contributed by atoms with Crippen molar-refractivity contribution in [1.29, 1.82) is 0 Å². The summed E-state index contributed by atoms with van der Waals surface area (Å²) in [6.45, 7) is 4.61. The maximum absolute atomic E-state index is 13.2. The molecule has 0 radical (unpaired) electrons. The predicted octanol–water partition coefficient (Wildman–Crippen LogP) is 5.45. The monoisotopic (exact) mass is 476 g/mol. The number of pyridine rings is 1. The van der Waals surface area contributed by atoms with E-state index in [1.807, 2.05) is 19.9 Å². The van der Waals surface area contributed by atoms with Crippen molar-refractivity contribution in [1.82, 2.24) is 9.88 Å². The summed E-state index contributed by atoms with van der Waals surface area (Å²) >= 11 is 6.07. The number of aliphatic hydroxyl groups is 1. The van der Waals surface area contributed by atoms with E-state index in [1.54, 1.807) is 60.8 Å². The fourth-order valence-corrected chi connectivity index (χ4v) is 4.15. The lowest BCUT2D eigenvalue weighted by Gasteiger charge is -2.25. The van der Waals surface area contributed by atoms with Crippen LogP contribution in [0.25, 0.3) is 5.76 Å². The van der Waals surface area contributed by atoms with Crippen molar-refractivity contribution in [2.45, 2.75) is 32.9 Å². The highest BCUT2D eigenvalue weighted by molar-refractivity contribution is 6.46. The molecule has 1 aliphatic heterocycles. The standard InChI is InChI=1S/C27H25ClN2O4/c1-3-14-34-22-12-9-19(15-17(22)2)25(31)23-24(18-7-10-20(28)11-8-18)30(27(33)26(23)32)16-21-6-4-5-13-29-21/h4-13,15,24,31H,3,14,16H2,1-2H3/b25-23-. The highest BCUT2D eigenvalue weighted by Crippen LogP contribution is 2.40. The van der Waals surface area contributed by atoms with E-state index in [-0.39, 0.29) is 17.9 Å². The van der Waals surface area contributed by atoms with Crippen LogP contribution in [0.2, 0.25) is 5.02 Å². The van der Waals surface area contributed by atoms with Gasteiger partial charge in [0.15, 0.2) is 0 Å². The number of rotatable bonds is 7. The Kier molecular flexibility index (Phi) is 6.98. The zero-order chi connectivity index (χ0) is 24.2. The van der Waals surface area contributed by atoms with Crippen molar-refractivity contribution in [3.8, 4) is 5.75 Å². The molecule has 4 rings (SSSR count). The van der Waals surface area contributed by atoms with Crippen molar-refractivity contribution < 1.29 is 19.4 Å². The average Bonchev–Trinajstić information content (AvgIpc) is 3.09. The molecule has 1 atom stereocenters. The average molecular weight is 477 g/mol. The topological polar surface area (TPSA) is 79.7 Å². The van der Waals surface area contributed by atoms with Gasteiger partial charge in [-0.25, -0.2) is 0 Å². The lowest BCUT2D eigenvalue weighted by molar-refractivity contribution is -0.140. The molecule has 1 fully saturated rings. The molecule has 2 aromatic carbocycles. The van der Waals surface area contributed by atoms with Crippen LogP contribution >= 0.6 is 11.6 Å². The normalized spacial score (nSPS) is 17.3. The first-order chi connectivity index (χ1) is 16.4. The molecule has 0 aliphatic carbocycles. The van der Waals surface area contributed by atoms with Gasteiger partial charge in [0.2, 0.25) is 0 Å². The second kappa shape index (κ2) is 10.1. The number of benzene rings is 2. The van der Waals surface area contributed by atoms with Crippen LogP contribution in [0.15, 0.2) is 72.4 Å². The highest BCUT2D eigenvalue weighted by Gasteiger charge is 2.46. The molecule has 3 aromatic rings.